The number of hydrogen-bond acceptors (Lipinski definition) is 13. The number of carboxylic acid groups (broad SMARTS) is 1. The standard InChI is InChI=1S/C43H63ClO14/c1-12-54-40(52)37-28(45)18-30(55-37)41(10)38(53-11)26(9)43(57-41)29(46)13-14-42(58-43)23(6)16-22(5)36(56-42)25(8)35(49)24(7)33(47)20(3)15-19(2)31-27(44)17-21(4)34(48)32(31)39(50)51/h13-14,17,19-20,22-26,28-30,33,36-38,45-48H,12,15-16,18H2,1-11H3,(H,50,51)/t19-,20+,22-,23+,24-,25+,26?,28+,29+,30+,33-,36-,37-,38+,41+,42?,43?/m0/s1. The number of carbonyl (C=O) groups excluding carboxylic acids is 2. The first-order valence-electron chi connectivity index (χ1n) is 20.5. The minimum Gasteiger partial charge on any atom is -0.507 e. The molecule has 2 spiro atoms. The monoisotopic (exact) mass is 838 g/mol. The molecule has 14 nitrogen and oxygen atoms in total. The number of hydrogen-bond donors (Lipinski definition) is 5. The van der Waals surface area contributed by atoms with Crippen molar-refractivity contribution in [2.24, 2.45) is 35.5 Å². The largest absolute Gasteiger partial charge is 0.507 e. The highest BCUT2D eigenvalue weighted by Gasteiger charge is 2.70. The smallest absolute Gasteiger partial charge is 0.339 e. The van der Waals surface area contributed by atoms with Crippen LogP contribution in [0.15, 0.2) is 18.2 Å². The number of ether oxygens (including phenoxy) is 6. The summed E-state index contributed by atoms with van der Waals surface area (Å²) in [5.74, 6) is -9.24. The first-order valence-corrected chi connectivity index (χ1v) is 20.8. The number of benzene rings is 1. The molecule has 58 heavy (non-hydrogen) atoms. The van der Waals surface area contributed by atoms with E-state index in [1.54, 1.807) is 60.6 Å². The molecule has 15 heteroatoms. The molecule has 4 aliphatic rings. The maximum absolute atomic E-state index is 14.3. The number of carboxylic acids is 1. The van der Waals surface area contributed by atoms with Crippen molar-refractivity contribution in [2.45, 2.75) is 154 Å². The van der Waals surface area contributed by atoms with Crippen molar-refractivity contribution in [3.05, 3.63) is 39.9 Å². The van der Waals surface area contributed by atoms with Crippen LogP contribution in [0.2, 0.25) is 5.02 Å². The summed E-state index contributed by atoms with van der Waals surface area (Å²) >= 11 is 6.50. The molecule has 17 atom stereocenters. The summed E-state index contributed by atoms with van der Waals surface area (Å²) in [7, 11) is 1.51. The van der Waals surface area contributed by atoms with Gasteiger partial charge in [0, 0.05) is 42.2 Å². The highest BCUT2D eigenvalue weighted by molar-refractivity contribution is 6.32. The van der Waals surface area contributed by atoms with Gasteiger partial charge in [0.05, 0.1) is 37.1 Å². The maximum Gasteiger partial charge on any atom is 0.339 e. The van der Waals surface area contributed by atoms with Gasteiger partial charge in [0.15, 0.2) is 11.9 Å². The van der Waals surface area contributed by atoms with Crippen LogP contribution in [0.1, 0.15) is 109 Å². The van der Waals surface area contributed by atoms with Crippen LogP contribution in [0.25, 0.3) is 0 Å². The first kappa shape index (κ1) is 46.4. The van der Waals surface area contributed by atoms with Crippen molar-refractivity contribution in [2.75, 3.05) is 13.7 Å². The van der Waals surface area contributed by atoms with Gasteiger partial charge in [-0.25, -0.2) is 9.59 Å². The topological polar surface area (TPSA) is 208 Å². The van der Waals surface area contributed by atoms with E-state index in [1.807, 2.05) is 20.8 Å². The lowest BCUT2D eigenvalue weighted by atomic mass is 9.74. The van der Waals surface area contributed by atoms with Crippen LogP contribution in [0, 0.1) is 42.4 Å². The Morgan fingerprint density at radius 2 is 1.72 bits per heavy atom. The van der Waals surface area contributed by atoms with Gasteiger partial charge in [-0.3, -0.25) is 4.79 Å². The number of methoxy groups -OCH3 is 1. The number of carbonyl (C=O) groups is 3. The average molecular weight is 839 g/mol. The Bertz CT molecular complexity index is 1740. The summed E-state index contributed by atoms with van der Waals surface area (Å²) in [4.78, 5) is 39.0. The van der Waals surface area contributed by atoms with E-state index < -0.39 is 101 Å². The first-order chi connectivity index (χ1) is 27.0. The van der Waals surface area contributed by atoms with Gasteiger partial charge in [0.2, 0.25) is 5.79 Å². The number of aliphatic hydroxyl groups excluding tert-OH is 3. The third-order valence-corrected chi connectivity index (χ3v) is 13.8. The van der Waals surface area contributed by atoms with Crippen LogP contribution < -0.4 is 0 Å². The summed E-state index contributed by atoms with van der Waals surface area (Å²) in [6.07, 6.45) is -2.84. The van der Waals surface area contributed by atoms with Crippen LogP contribution in [-0.4, -0.2) is 117 Å². The van der Waals surface area contributed by atoms with Crippen molar-refractivity contribution in [1.29, 1.82) is 0 Å². The molecule has 3 unspecified atom stereocenters. The number of Topliss-reactive ketones (excluding diaryl/α,β-unsaturated/α-hetero) is 1. The molecule has 3 saturated heterocycles. The Morgan fingerprint density at radius 3 is 2.33 bits per heavy atom. The van der Waals surface area contributed by atoms with Gasteiger partial charge in [-0.2, -0.15) is 0 Å². The molecular formula is C43H63ClO14. The molecule has 326 valence electrons. The molecule has 0 bridgehead atoms. The molecule has 3 fully saturated rings. The SMILES string of the molecule is CCOC(=O)[C@H]1O[C@@H]([C@@]2(C)OC3(OC4(C=C[C@H]3O)O[C@H]([C@H](C)C(=O)[C@@H](C)[C@@H](O)[C@H](C)C[C@H](C)c3c(Cl)cc(C)c(O)c3C(=O)O)[C@@H](C)C[C@H]4C)C(C)[C@H]2OC)C[C@H]1O. The third-order valence-electron chi connectivity index (χ3n) is 13.5. The molecule has 0 aliphatic carbocycles. The zero-order valence-corrected chi connectivity index (χ0v) is 36.2. The molecule has 5 N–H and O–H groups in total. The number of aromatic hydroxyl groups is 1. The van der Waals surface area contributed by atoms with Crippen molar-refractivity contribution in [3.8, 4) is 5.75 Å². The maximum atomic E-state index is 14.3. The minimum atomic E-state index is -1.72. The summed E-state index contributed by atoms with van der Waals surface area (Å²) in [6, 6.07) is 1.52. The number of aromatic carboxylic acids is 1. The number of phenols is 1. The summed E-state index contributed by atoms with van der Waals surface area (Å²) < 4.78 is 37.8. The van der Waals surface area contributed by atoms with E-state index in [0.29, 0.717) is 12.0 Å². The van der Waals surface area contributed by atoms with E-state index in [9.17, 15) is 39.9 Å². The summed E-state index contributed by atoms with van der Waals surface area (Å²) in [5.41, 5.74) is -0.978. The van der Waals surface area contributed by atoms with Gasteiger partial charge in [-0.15, -0.1) is 0 Å². The molecule has 1 aromatic rings. The lowest BCUT2D eigenvalue weighted by Gasteiger charge is -2.54. The van der Waals surface area contributed by atoms with Crippen LogP contribution in [0.4, 0.5) is 0 Å². The molecule has 0 radical (unpaired) electrons. The van der Waals surface area contributed by atoms with Gasteiger partial charge in [-0.1, -0.05) is 60.1 Å². The van der Waals surface area contributed by atoms with Crippen molar-refractivity contribution < 1.29 is 68.3 Å². The lowest BCUT2D eigenvalue weighted by molar-refractivity contribution is -0.414. The molecule has 1 aromatic carbocycles. The summed E-state index contributed by atoms with van der Waals surface area (Å²) in [5, 5.41) is 54.7. The zero-order valence-electron chi connectivity index (χ0n) is 35.4. The van der Waals surface area contributed by atoms with Crippen LogP contribution in [0.5, 0.6) is 5.75 Å². The molecule has 0 saturated carbocycles. The van der Waals surface area contributed by atoms with Crippen molar-refractivity contribution >= 4 is 29.3 Å². The normalized spacial score (nSPS) is 38.7. The number of esters is 1. The van der Waals surface area contributed by atoms with Crippen LogP contribution in [0.3, 0.4) is 0 Å². The molecule has 5 rings (SSSR count). The number of rotatable bonds is 13. The van der Waals surface area contributed by atoms with Gasteiger partial charge in [-0.05, 0) is 80.7 Å². The summed E-state index contributed by atoms with van der Waals surface area (Å²) in [6.45, 7) is 17.9. The quantitative estimate of drug-likeness (QED) is 0.126. The second-order valence-corrected chi connectivity index (χ2v) is 18.0. The minimum absolute atomic E-state index is 0.0417. The molecule has 0 aromatic heterocycles. The van der Waals surface area contributed by atoms with E-state index in [2.05, 4.69) is 0 Å². The highest BCUT2D eigenvalue weighted by atomic mass is 35.5. The Morgan fingerprint density at radius 1 is 1.07 bits per heavy atom. The molecule has 4 heterocycles. The third kappa shape index (κ3) is 7.98. The van der Waals surface area contributed by atoms with E-state index in [-0.39, 0.29) is 59.0 Å². The Kier molecular flexibility index (Phi) is 13.9. The van der Waals surface area contributed by atoms with Crippen LogP contribution in [-0.2, 0) is 38.0 Å². The number of aliphatic hydroxyl groups is 3. The van der Waals surface area contributed by atoms with E-state index in [0.717, 1.165) is 0 Å². The van der Waals surface area contributed by atoms with Crippen molar-refractivity contribution in [1.82, 2.24) is 0 Å². The predicted octanol–water partition coefficient (Wildman–Crippen LogP) is 5.31. The number of ketones is 1. The zero-order chi connectivity index (χ0) is 43.4. The Balaban J connectivity index is 1.35. The van der Waals surface area contributed by atoms with Crippen molar-refractivity contribution in [3.63, 3.8) is 0 Å². The fourth-order valence-corrected chi connectivity index (χ4v) is 10.7. The second kappa shape index (κ2) is 17.4. The highest BCUT2D eigenvalue weighted by Crippen LogP contribution is 2.56. The number of aryl methyl sites for hydroxylation is 1. The van der Waals surface area contributed by atoms with Gasteiger partial charge >= 0.3 is 11.9 Å². The van der Waals surface area contributed by atoms with E-state index in [4.69, 9.17) is 40.0 Å². The average Bonchev–Trinajstić information content (AvgIpc) is 3.66. The Labute approximate surface area is 346 Å². The van der Waals surface area contributed by atoms with Gasteiger partial charge < -0.3 is 54.0 Å². The molecular weight excluding hydrogens is 776 g/mol. The fraction of sp³-hybridized carbons (Fsp3) is 0.744. The molecule has 0 amide bonds. The van der Waals surface area contributed by atoms with Gasteiger partial charge in [0.1, 0.15) is 28.8 Å². The predicted molar refractivity (Wildman–Crippen MR) is 211 cm³/mol. The lowest BCUT2D eigenvalue weighted by Crippen LogP contribution is -2.64. The Hall–Kier alpha value is -2.66. The van der Waals surface area contributed by atoms with Gasteiger partial charge in [0.25, 0.3) is 0 Å². The van der Waals surface area contributed by atoms with E-state index in [1.165, 1.54) is 13.2 Å². The fourth-order valence-electron chi connectivity index (χ4n) is 10.3. The second-order valence-electron chi connectivity index (χ2n) is 17.6. The number of halogens is 1. The molecule has 4 aliphatic heterocycles. The van der Waals surface area contributed by atoms with E-state index >= 15 is 0 Å². The van der Waals surface area contributed by atoms with Crippen LogP contribution >= 0.6 is 11.6 Å².